The summed E-state index contributed by atoms with van der Waals surface area (Å²) in [5.41, 5.74) is 2.49. The lowest BCUT2D eigenvalue weighted by molar-refractivity contribution is -0.143. The molecule has 6 nitrogen and oxygen atoms in total. The number of hydrogen-bond acceptors (Lipinski definition) is 6. The number of Topliss-reactive ketones (excluding diaryl/α,β-unsaturated/α-hetero) is 1. The smallest absolute Gasteiger partial charge is 0.336 e. The second-order valence-electron chi connectivity index (χ2n) is 7.88. The Hall–Kier alpha value is -3.00. The predicted molar refractivity (Wildman–Crippen MR) is 122 cm³/mol. The van der Waals surface area contributed by atoms with Crippen LogP contribution in [0, 0.1) is 5.82 Å². The number of hydrogen-bond donors (Lipinski definition) is 2. The van der Waals surface area contributed by atoms with Crippen LogP contribution in [-0.4, -0.2) is 38.6 Å². The molecule has 8 heteroatoms. The van der Waals surface area contributed by atoms with Gasteiger partial charge >= 0.3 is 5.97 Å². The average Bonchev–Trinajstić information content (AvgIpc) is 2.79. The zero-order valence-electron chi connectivity index (χ0n) is 18.3. The lowest BCUT2D eigenvalue weighted by Crippen LogP contribution is -2.43. The Labute approximate surface area is 196 Å². The molecule has 2 heterocycles. The Morgan fingerprint density at radius 2 is 1.94 bits per heavy atom. The second kappa shape index (κ2) is 9.87. The van der Waals surface area contributed by atoms with Gasteiger partial charge in [0.15, 0.2) is 5.78 Å². The van der Waals surface area contributed by atoms with Crippen molar-refractivity contribution in [2.24, 2.45) is 0 Å². The van der Waals surface area contributed by atoms with Crippen molar-refractivity contribution < 1.29 is 23.5 Å². The number of ketones is 1. The van der Waals surface area contributed by atoms with E-state index in [0.29, 0.717) is 23.5 Å². The van der Waals surface area contributed by atoms with Gasteiger partial charge in [-0.15, -0.1) is 0 Å². The molecule has 0 amide bonds. The SMILES string of the molecule is COC(COC(=O)C1=C(C)NC2=C(C(=O)CNC2)C1c1c(F)cccc1Cl)c1ccccc1. The minimum atomic E-state index is -0.977. The van der Waals surface area contributed by atoms with Crippen LogP contribution in [0.4, 0.5) is 4.39 Å². The number of halogens is 2. The van der Waals surface area contributed by atoms with Crippen LogP contribution < -0.4 is 10.6 Å². The van der Waals surface area contributed by atoms with E-state index in [1.165, 1.54) is 19.2 Å². The summed E-state index contributed by atoms with van der Waals surface area (Å²) in [6.07, 6.45) is -0.474. The average molecular weight is 471 g/mol. The van der Waals surface area contributed by atoms with Gasteiger partial charge in [0.05, 0.1) is 18.0 Å². The molecular formula is C25H24ClFN2O4. The molecule has 2 aliphatic heterocycles. The van der Waals surface area contributed by atoms with Crippen LogP contribution in [0.25, 0.3) is 0 Å². The highest BCUT2D eigenvalue weighted by Gasteiger charge is 2.41. The van der Waals surface area contributed by atoms with Crippen molar-refractivity contribution in [3.8, 4) is 0 Å². The van der Waals surface area contributed by atoms with Gasteiger partial charge in [0.25, 0.3) is 0 Å². The van der Waals surface area contributed by atoms with Crippen molar-refractivity contribution in [2.75, 3.05) is 26.8 Å². The van der Waals surface area contributed by atoms with E-state index in [2.05, 4.69) is 10.6 Å². The Kier molecular flexibility index (Phi) is 6.93. The van der Waals surface area contributed by atoms with Crippen molar-refractivity contribution >= 4 is 23.4 Å². The van der Waals surface area contributed by atoms with Crippen LogP contribution in [0.15, 0.2) is 71.1 Å². The molecular weight excluding hydrogens is 447 g/mol. The van der Waals surface area contributed by atoms with Crippen LogP contribution in [-0.2, 0) is 19.1 Å². The lowest BCUT2D eigenvalue weighted by Gasteiger charge is -2.35. The predicted octanol–water partition coefficient (Wildman–Crippen LogP) is 3.80. The highest BCUT2D eigenvalue weighted by atomic mass is 35.5. The fraction of sp³-hybridized carbons (Fsp3) is 0.280. The number of methoxy groups -OCH3 is 1. The van der Waals surface area contributed by atoms with Crippen LogP contribution in [0.3, 0.4) is 0 Å². The molecule has 2 aromatic carbocycles. The standard InChI is InChI=1S/C25H24ClFN2O4/c1-14-21(25(31)33-13-20(32-2)15-7-4-3-5-8-15)24(22-16(26)9-6-10-17(22)27)23-18(29-14)11-28-12-19(23)30/h3-10,20,24,28-29H,11-13H2,1-2H3. The third-order valence-corrected chi connectivity index (χ3v) is 6.19. The maximum atomic E-state index is 15.0. The first kappa shape index (κ1) is 23.2. The van der Waals surface area contributed by atoms with E-state index in [4.69, 9.17) is 21.1 Å². The molecule has 0 saturated heterocycles. The van der Waals surface area contributed by atoms with Crippen LogP contribution in [0.2, 0.25) is 5.02 Å². The molecule has 2 atom stereocenters. The number of esters is 1. The van der Waals surface area contributed by atoms with Crippen molar-refractivity contribution in [1.82, 2.24) is 10.6 Å². The number of allylic oxidation sites excluding steroid dienone is 1. The fourth-order valence-corrected chi connectivity index (χ4v) is 4.58. The lowest BCUT2D eigenvalue weighted by atomic mass is 9.77. The first-order valence-corrected chi connectivity index (χ1v) is 10.9. The topological polar surface area (TPSA) is 76.7 Å². The maximum Gasteiger partial charge on any atom is 0.336 e. The molecule has 0 spiro atoms. The number of carbonyl (C=O) groups excluding carboxylic acids is 2. The highest BCUT2D eigenvalue weighted by molar-refractivity contribution is 6.31. The van der Waals surface area contributed by atoms with E-state index in [1.807, 2.05) is 30.3 Å². The van der Waals surface area contributed by atoms with Crippen LogP contribution in [0.1, 0.15) is 30.1 Å². The van der Waals surface area contributed by atoms with Gasteiger partial charge in [-0.05, 0) is 24.6 Å². The summed E-state index contributed by atoms with van der Waals surface area (Å²) >= 11 is 6.38. The zero-order chi connectivity index (χ0) is 23.5. The minimum Gasteiger partial charge on any atom is -0.459 e. The van der Waals surface area contributed by atoms with Gasteiger partial charge in [0.2, 0.25) is 0 Å². The number of benzene rings is 2. The fourth-order valence-electron chi connectivity index (χ4n) is 4.30. The van der Waals surface area contributed by atoms with E-state index < -0.39 is 23.8 Å². The highest BCUT2D eigenvalue weighted by Crippen LogP contribution is 2.43. The zero-order valence-corrected chi connectivity index (χ0v) is 19.0. The number of rotatable bonds is 6. The molecule has 2 aromatic rings. The van der Waals surface area contributed by atoms with Gasteiger partial charge in [-0.3, -0.25) is 4.79 Å². The molecule has 2 aliphatic rings. The van der Waals surface area contributed by atoms with Crippen molar-refractivity contribution in [2.45, 2.75) is 18.9 Å². The molecule has 0 fully saturated rings. The summed E-state index contributed by atoms with van der Waals surface area (Å²) in [5, 5.41) is 6.28. The third-order valence-electron chi connectivity index (χ3n) is 5.86. The van der Waals surface area contributed by atoms with E-state index in [1.54, 1.807) is 13.0 Å². The Morgan fingerprint density at radius 3 is 2.64 bits per heavy atom. The largest absolute Gasteiger partial charge is 0.459 e. The van der Waals surface area contributed by atoms with Gasteiger partial charge in [0.1, 0.15) is 18.5 Å². The molecule has 0 radical (unpaired) electrons. The maximum absolute atomic E-state index is 15.0. The molecule has 4 rings (SSSR count). The van der Waals surface area contributed by atoms with Crippen LogP contribution in [0.5, 0.6) is 0 Å². The summed E-state index contributed by atoms with van der Waals surface area (Å²) in [7, 11) is 1.53. The number of ether oxygens (including phenoxy) is 2. The molecule has 0 aromatic heterocycles. The molecule has 0 aliphatic carbocycles. The number of nitrogens with one attached hydrogen (secondary N) is 2. The quantitative estimate of drug-likeness (QED) is 0.625. The van der Waals surface area contributed by atoms with Crippen LogP contribution >= 0.6 is 11.6 Å². The van der Waals surface area contributed by atoms with Crippen molar-refractivity contribution in [1.29, 1.82) is 0 Å². The van der Waals surface area contributed by atoms with E-state index >= 15 is 4.39 Å². The summed E-state index contributed by atoms with van der Waals surface area (Å²) in [6.45, 7) is 2.13. The first-order chi connectivity index (χ1) is 15.9. The number of carbonyl (C=O) groups is 2. The third kappa shape index (κ3) is 4.57. The second-order valence-corrected chi connectivity index (χ2v) is 8.29. The molecule has 172 valence electrons. The van der Waals surface area contributed by atoms with Crippen molar-refractivity contribution in [3.63, 3.8) is 0 Å². The minimum absolute atomic E-state index is 0.0464. The Balaban J connectivity index is 1.71. The van der Waals surface area contributed by atoms with Gasteiger partial charge in [0, 0.05) is 41.2 Å². The Bertz CT molecular complexity index is 1130. The molecule has 0 bridgehead atoms. The first-order valence-electron chi connectivity index (χ1n) is 10.6. The van der Waals surface area contributed by atoms with Gasteiger partial charge in [-0.25, -0.2) is 9.18 Å². The molecule has 0 saturated carbocycles. The number of dihydropyridines is 1. The monoisotopic (exact) mass is 470 g/mol. The van der Waals surface area contributed by atoms with Crippen molar-refractivity contribution in [3.05, 3.63) is 93.0 Å². The summed E-state index contributed by atoms with van der Waals surface area (Å²) in [5.74, 6) is -2.47. The van der Waals surface area contributed by atoms with E-state index in [0.717, 1.165) is 5.56 Å². The summed E-state index contributed by atoms with van der Waals surface area (Å²) in [6, 6.07) is 13.7. The summed E-state index contributed by atoms with van der Waals surface area (Å²) in [4.78, 5) is 26.2. The molecule has 2 N–H and O–H groups in total. The Morgan fingerprint density at radius 1 is 1.18 bits per heavy atom. The molecule has 2 unspecified atom stereocenters. The normalized spacial score (nSPS) is 19.2. The van der Waals surface area contributed by atoms with Gasteiger partial charge in [-0.2, -0.15) is 0 Å². The summed E-state index contributed by atoms with van der Waals surface area (Å²) < 4.78 is 26.1. The van der Waals surface area contributed by atoms with Gasteiger partial charge < -0.3 is 20.1 Å². The van der Waals surface area contributed by atoms with E-state index in [9.17, 15) is 9.59 Å². The van der Waals surface area contributed by atoms with Gasteiger partial charge in [-0.1, -0.05) is 48.0 Å². The molecule has 33 heavy (non-hydrogen) atoms. The van der Waals surface area contributed by atoms with E-state index in [-0.39, 0.29) is 35.1 Å².